The third-order valence-electron chi connectivity index (χ3n) is 2.59. The predicted molar refractivity (Wildman–Crippen MR) is 71.0 cm³/mol. The number of hydrogen-bond donors (Lipinski definition) is 2. The Labute approximate surface area is 118 Å². The Balaban J connectivity index is 2.29. The maximum absolute atomic E-state index is 12.1. The van der Waals surface area contributed by atoms with Gasteiger partial charge in [0, 0.05) is 6.07 Å². The Hall–Kier alpha value is -3.23. The minimum Gasteiger partial charge on any atom is -0.464 e. The summed E-state index contributed by atoms with van der Waals surface area (Å²) in [5.41, 5.74) is -0.596. The number of aromatic amines is 1. The summed E-state index contributed by atoms with van der Waals surface area (Å²) in [6, 6.07) is 5.64. The second-order valence-electron chi connectivity index (χ2n) is 3.85. The van der Waals surface area contributed by atoms with Crippen LogP contribution in [0, 0.1) is 10.1 Å². The summed E-state index contributed by atoms with van der Waals surface area (Å²) in [7, 11) is 1.16. The Morgan fingerprint density at radius 2 is 2.10 bits per heavy atom. The highest BCUT2D eigenvalue weighted by molar-refractivity contribution is 6.09. The van der Waals surface area contributed by atoms with Crippen molar-refractivity contribution >= 4 is 23.3 Å². The van der Waals surface area contributed by atoms with Gasteiger partial charge in [0.05, 0.1) is 18.4 Å². The van der Waals surface area contributed by atoms with Crippen molar-refractivity contribution in [3.8, 4) is 0 Å². The van der Waals surface area contributed by atoms with Gasteiger partial charge in [-0.3, -0.25) is 14.9 Å². The van der Waals surface area contributed by atoms with Crippen molar-refractivity contribution in [1.82, 2.24) is 9.97 Å². The molecule has 108 valence electrons. The van der Waals surface area contributed by atoms with Crippen LogP contribution in [-0.2, 0) is 4.74 Å². The molecule has 9 nitrogen and oxygen atoms in total. The molecule has 0 radical (unpaired) electrons. The fraction of sp³-hybridized carbons (Fsp3) is 0.0833. The van der Waals surface area contributed by atoms with E-state index in [1.807, 2.05) is 0 Å². The number of anilines is 1. The monoisotopic (exact) mass is 290 g/mol. The van der Waals surface area contributed by atoms with E-state index in [0.717, 1.165) is 13.4 Å². The molecule has 0 atom stereocenters. The second kappa shape index (κ2) is 5.82. The minimum absolute atomic E-state index is 0.00585. The van der Waals surface area contributed by atoms with E-state index in [1.165, 1.54) is 24.3 Å². The molecule has 0 saturated heterocycles. The number of rotatable bonds is 4. The first-order valence-corrected chi connectivity index (χ1v) is 5.71. The summed E-state index contributed by atoms with van der Waals surface area (Å²) in [5.74, 6) is -1.52. The summed E-state index contributed by atoms with van der Waals surface area (Å²) >= 11 is 0. The Kier molecular flexibility index (Phi) is 3.93. The van der Waals surface area contributed by atoms with E-state index in [-0.39, 0.29) is 22.8 Å². The smallest absolute Gasteiger partial charge is 0.356 e. The zero-order valence-corrected chi connectivity index (χ0v) is 10.8. The number of nitro benzene ring substituents is 1. The van der Waals surface area contributed by atoms with E-state index in [2.05, 4.69) is 20.0 Å². The van der Waals surface area contributed by atoms with Crippen LogP contribution in [0.3, 0.4) is 0 Å². The fourth-order valence-corrected chi connectivity index (χ4v) is 1.64. The van der Waals surface area contributed by atoms with E-state index in [9.17, 15) is 19.7 Å². The lowest BCUT2D eigenvalue weighted by Crippen LogP contribution is -2.18. The first-order valence-electron chi connectivity index (χ1n) is 5.71. The predicted octanol–water partition coefficient (Wildman–Crippen LogP) is 1.36. The van der Waals surface area contributed by atoms with Crippen molar-refractivity contribution in [2.75, 3.05) is 12.4 Å². The largest absolute Gasteiger partial charge is 0.464 e. The lowest BCUT2D eigenvalue weighted by atomic mass is 10.2. The van der Waals surface area contributed by atoms with Crippen LogP contribution in [0.2, 0.25) is 0 Å². The van der Waals surface area contributed by atoms with Gasteiger partial charge in [-0.1, -0.05) is 12.1 Å². The molecule has 2 N–H and O–H groups in total. The number of hydrogen-bond acceptors (Lipinski definition) is 6. The summed E-state index contributed by atoms with van der Waals surface area (Å²) in [6.45, 7) is 0. The van der Waals surface area contributed by atoms with Gasteiger partial charge < -0.3 is 15.0 Å². The van der Waals surface area contributed by atoms with Crippen molar-refractivity contribution in [2.24, 2.45) is 0 Å². The molecule has 0 spiro atoms. The number of ether oxygens (including phenoxy) is 1. The van der Waals surface area contributed by atoms with Gasteiger partial charge in [0.1, 0.15) is 5.69 Å². The van der Waals surface area contributed by atoms with Gasteiger partial charge in [0.2, 0.25) is 0 Å². The van der Waals surface area contributed by atoms with Crippen LogP contribution in [0.4, 0.5) is 11.4 Å². The third kappa shape index (κ3) is 2.86. The Morgan fingerprint density at radius 3 is 2.76 bits per heavy atom. The minimum atomic E-state index is -0.764. The number of amides is 1. The molecule has 9 heteroatoms. The van der Waals surface area contributed by atoms with Gasteiger partial charge >= 0.3 is 5.97 Å². The zero-order chi connectivity index (χ0) is 15.4. The molecule has 21 heavy (non-hydrogen) atoms. The van der Waals surface area contributed by atoms with Gasteiger partial charge in [-0.15, -0.1) is 0 Å². The van der Waals surface area contributed by atoms with Gasteiger partial charge in [0.15, 0.2) is 11.4 Å². The summed E-state index contributed by atoms with van der Waals surface area (Å²) < 4.78 is 4.50. The van der Waals surface area contributed by atoms with E-state index in [1.54, 1.807) is 0 Å². The first-order chi connectivity index (χ1) is 10.0. The number of esters is 1. The van der Waals surface area contributed by atoms with Crippen LogP contribution < -0.4 is 5.32 Å². The Morgan fingerprint density at radius 1 is 1.38 bits per heavy atom. The standard InChI is InChI=1S/C12H10N4O5/c1-21-12(18)10-9(13-6-14-10)11(17)15-7-4-2-3-5-8(7)16(19)20/h2-6H,1H3,(H,13,14)(H,15,17). The van der Waals surface area contributed by atoms with Gasteiger partial charge in [-0.2, -0.15) is 0 Å². The normalized spacial score (nSPS) is 9.95. The van der Waals surface area contributed by atoms with Crippen molar-refractivity contribution < 1.29 is 19.2 Å². The molecule has 1 amide bonds. The molecule has 1 aromatic heterocycles. The number of carbonyl (C=O) groups is 2. The van der Waals surface area contributed by atoms with Crippen molar-refractivity contribution in [3.05, 3.63) is 52.1 Å². The van der Waals surface area contributed by atoms with Crippen molar-refractivity contribution in [1.29, 1.82) is 0 Å². The zero-order valence-electron chi connectivity index (χ0n) is 10.8. The molecular formula is C12H10N4O5. The lowest BCUT2D eigenvalue weighted by Gasteiger charge is -2.05. The Bertz CT molecular complexity index is 709. The highest BCUT2D eigenvalue weighted by atomic mass is 16.6. The molecule has 0 fully saturated rings. The van der Waals surface area contributed by atoms with Crippen LogP contribution >= 0.6 is 0 Å². The number of para-hydroxylation sites is 2. The highest BCUT2D eigenvalue weighted by Gasteiger charge is 2.23. The highest BCUT2D eigenvalue weighted by Crippen LogP contribution is 2.23. The van der Waals surface area contributed by atoms with Gasteiger partial charge in [-0.05, 0) is 6.07 Å². The fourth-order valence-electron chi connectivity index (χ4n) is 1.64. The number of methoxy groups -OCH3 is 1. The molecule has 2 aromatic rings. The van der Waals surface area contributed by atoms with E-state index < -0.39 is 16.8 Å². The number of aromatic nitrogens is 2. The number of nitrogens with one attached hydrogen (secondary N) is 2. The molecule has 0 aliphatic carbocycles. The average Bonchev–Trinajstić information content (AvgIpc) is 2.96. The summed E-state index contributed by atoms with van der Waals surface area (Å²) in [5, 5.41) is 13.2. The van der Waals surface area contributed by atoms with Crippen molar-refractivity contribution in [3.63, 3.8) is 0 Å². The molecule has 0 bridgehead atoms. The summed E-state index contributed by atoms with van der Waals surface area (Å²) in [6.07, 6.45) is 1.15. The van der Waals surface area contributed by atoms with Crippen LogP contribution in [0.1, 0.15) is 21.0 Å². The molecule has 0 unspecified atom stereocenters. The van der Waals surface area contributed by atoms with Crippen LogP contribution in [0.25, 0.3) is 0 Å². The first kappa shape index (κ1) is 14.2. The number of imidazole rings is 1. The summed E-state index contributed by atoms with van der Waals surface area (Å²) in [4.78, 5) is 40.0. The molecule has 0 saturated carbocycles. The number of nitrogens with zero attached hydrogens (tertiary/aromatic N) is 2. The molecule has 2 rings (SSSR count). The quantitative estimate of drug-likeness (QED) is 0.497. The van der Waals surface area contributed by atoms with E-state index in [4.69, 9.17) is 0 Å². The molecule has 0 aliphatic heterocycles. The molecule has 1 heterocycles. The van der Waals surface area contributed by atoms with Gasteiger partial charge in [-0.25, -0.2) is 9.78 Å². The number of carbonyl (C=O) groups excluding carboxylic acids is 2. The molecular weight excluding hydrogens is 280 g/mol. The van der Waals surface area contributed by atoms with E-state index >= 15 is 0 Å². The number of H-pyrrole nitrogens is 1. The SMILES string of the molecule is COC(=O)c1[nH]cnc1C(=O)Nc1ccccc1[N+](=O)[O-]. The third-order valence-corrected chi connectivity index (χ3v) is 2.59. The molecule has 1 aromatic carbocycles. The van der Waals surface area contributed by atoms with Crippen molar-refractivity contribution in [2.45, 2.75) is 0 Å². The maximum atomic E-state index is 12.1. The number of benzene rings is 1. The number of nitro groups is 1. The van der Waals surface area contributed by atoms with Gasteiger partial charge in [0.25, 0.3) is 11.6 Å². The second-order valence-corrected chi connectivity index (χ2v) is 3.85. The van der Waals surface area contributed by atoms with Crippen LogP contribution in [0.5, 0.6) is 0 Å². The van der Waals surface area contributed by atoms with E-state index in [0.29, 0.717) is 0 Å². The lowest BCUT2D eigenvalue weighted by molar-refractivity contribution is -0.383. The maximum Gasteiger partial charge on any atom is 0.356 e. The average molecular weight is 290 g/mol. The van der Waals surface area contributed by atoms with Crippen LogP contribution in [0.15, 0.2) is 30.6 Å². The van der Waals surface area contributed by atoms with Crippen LogP contribution in [-0.4, -0.2) is 33.9 Å². The topological polar surface area (TPSA) is 127 Å². The molecule has 0 aliphatic rings.